The Bertz CT molecular complexity index is 2070. The first kappa shape index (κ1) is 21.1. The minimum absolute atomic E-state index is 0.650. The molecule has 0 fully saturated rings. The number of nitrogens with zero attached hydrogens (tertiary/aromatic N) is 6. The van der Waals surface area contributed by atoms with Gasteiger partial charge in [0.2, 0.25) is 0 Å². The molecule has 5 heterocycles. The van der Waals surface area contributed by atoms with Crippen LogP contribution in [0.3, 0.4) is 0 Å². The first-order valence-corrected chi connectivity index (χ1v) is 13.1. The average Bonchev–Trinajstić information content (AvgIpc) is 3.53. The molecule has 3 aromatic carbocycles. The Labute approximate surface area is 220 Å². The van der Waals surface area contributed by atoms with Crippen molar-refractivity contribution in [3.8, 4) is 28.5 Å². The molecule has 0 saturated heterocycles. The fraction of sp³-hybridized carbons (Fsp3) is 0. The fourth-order valence-corrected chi connectivity index (χ4v) is 6.47. The van der Waals surface area contributed by atoms with Crippen LogP contribution in [0.4, 0.5) is 0 Å². The van der Waals surface area contributed by atoms with Gasteiger partial charge >= 0.3 is 0 Å². The fourth-order valence-electron chi connectivity index (χ4n) is 5.25. The van der Waals surface area contributed by atoms with E-state index in [-0.39, 0.29) is 0 Å². The number of aromatic nitrogens is 6. The molecule has 6 nitrogen and oxygen atoms in total. The zero-order valence-electron chi connectivity index (χ0n) is 20.0. The molecule has 0 bridgehead atoms. The molecular weight excluding hydrogens is 488 g/mol. The normalized spacial score (nSPS) is 11.7. The van der Waals surface area contributed by atoms with Crippen LogP contribution in [0.15, 0.2) is 110 Å². The molecule has 0 saturated carbocycles. The molecule has 0 atom stereocenters. The third-order valence-electron chi connectivity index (χ3n) is 6.85. The lowest BCUT2D eigenvalue weighted by molar-refractivity contribution is 1.14. The summed E-state index contributed by atoms with van der Waals surface area (Å²) in [5.41, 5.74) is 5.98. The summed E-state index contributed by atoms with van der Waals surface area (Å²) in [5, 5.41) is 3.60. The van der Waals surface area contributed by atoms with E-state index in [2.05, 4.69) is 85.2 Å². The van der Waals surface area contributed by atoms with E-state index in [1.807, 2.05) is 24.4 Å². The summed E-state index contributed by atoms with van der Waals surface area (Å²) in [6, 6.07) is 27.0. The van der Waals surface area contributed by atoms with Gasteiger partial charge in [-0.05, 0) is 42.5 Å². The van der Waals surface area contributed by atoms with Gasteiger partial charge in [-0.3, -0.25) is 4.98 Å². The highest BCUT2D eigenvalue weighted by Gasteiger charge is 2.19. The number of fused-ring (bicyclic) bond motifs is 7. The minimum atomic E-state index is 0.650. The van der Waals surface area contributed by atoms with Crippen molar-refractivity contribution in [2.24, 2.45) is 0 Å². The predicted molar refractivity (Wildman–Crippen MR) is 154 cm³/mol. The quantitative estimate of drug-likeness (QED) is 0.249. The number of para-hydroxylation sites is 1. The second kappa shape index (κ2) is 8.26. The van der Waals surface area contributed by atoms with Crippen LogP contribution in [0.2, 0.25) is 0 Å². The van der Waals surface area contributed by atoms with Gasteiger partial charge in [0.05, 0.1) is 27.4 Å². The van der Waals surface area contributed by atoms with Gasteiger partial charge in [0.25, 0.3) is 0 Å². The molecule has 0 aliphatic rings. The van der Waals surface area contributed by atoms with Crippen molar-refractivity contribution >= 4 is 53.4 Å². The molecule has 5 aromatic heterocycles. The van der Waals surface area contributed by atoms with Crippen LogP contribution < -0.4 is 0 Å². The zero-order chi connectivity index (χ0) is 25.1. The van der Waals surface area contributed by atoms with Gasteiger partial charge in [-0.25, -0.2) is 19.9 Å². The summed E-state index contributed by atoms with van der Waals surface area (Å²) < 4.78 is 4.72. The van der Waals surface area contributed by atoms with E-state index < -0.39 is 0 Å². The molecular formula is C31H18N6S. The van der Waals surface area contributed by atoms with Crippen LogP contribution in [0.5, 0.6) is 0 Å². The van der Waals surface area contributed by atoms with E-state index >= 15 is 0 Å². The van der Waals surface area contributed by atoms with E-state index in [0.717, 1.165) is 33.4 Å². The van der Waals surface area contributed by atoms with Crippen molar-refractivity contribution in [2.75, 3.05) is 0 Å². The van der Waals surface area contributed by atoms with E-state index in [0.29, 0.717) is 11.6 Å². The summed E-state index contributed by atoms with van der Waals surface area (Å²) in [6.45, 7) is 0. The van der Waals surface area contributed by atoms with Gasteiger partial charge in [-0.1, -0.05) is 36.4 Å². The first-order valence-electron chi connectivity index (χ1n) is 12.2. The summed E-state index contributed by atoms with van der Waals surface area (Å²) in [7, 11) is 0. The van der Waals surface area contributed by atoms with E-state index in [1.165, 1.54) is 25.6 Å². The van der Waals surface area contributed by atoms with Crippen LogP contribution in [0.25, 0.3) is 70.6 Å². The monoisotopic (exact) mass is 506 g/mol. The number of thiophene rings is 1. The van der Waals surface area contributed by atoms with Gasteiger partial charge in [0.1, 0.15) is 0 Å². The number of hydrogen-bond donors (Lipinski definition) is 0. The summed E-state index contributed by atoms with van der Waals surface area (Å²) >= 11 is 1.80. The summed E-state index contributed by atoms with van der Waals surface area (Å²) in [6.07, 6.45) is 9.04. The Kier molecular flexibility index (Phi) is 4.59. The Morgan fingerprint density at radius 2 is 1.21 bits per heavy atom. The van der Waals surface area contributed by atoms with Gasteiger partial charge in [-0.2, -0.15) is 0 Å². The van der Waals surface area contributed by atoms with Gasteiger partial charge in [0.15, 0.2) is 11.6 Å². The van der Waals surface area contributed by atoms with Crippen LogP contribution >= 0.6 is 11.3 Å². The molecule has 0 amide bonds. The molecule has 178 valence electrons. The summed E-state index contributed by atoms with van der Waals surface area (Å²) in [4.78, 5) is 23.1. The van der Waals surface area contributed by atoms with E-state index in [9.17, 15) is 0 Å². The smallest absolute Gasteiger partial charge is 0.159 e. The molecule has 8 aromatic rings. The molecule has 7 heteroatoms. The molecule has 0 aliphatic heterocycles. The van der Waals surface area contributed by atoms with Crippen molar-refractivity contribution in [3.63, 3.8) is 0 Å². The maximum atomic E-state index is 4.98. The third-order valence-corrected chi connectivity index (χ3v) is 8.03. The SMILES string of the molecule is c1cnc(-c2cc(-c3ncccn3)cc(-n3c4ccccc4c4c5sc6ccccc6c5ncc43)c2)nc1. The summed E-state index contributed by atoms with van der Waals surface area (Å²) in [5.74, 6) is 1.30. The Morgan fingerprint density at radius 3 is 1.92 bits per heavy atom. The van der Waals surface area contributed by atoms with Crippen molar-refractivity contribution in [2.45, 2.75) is 0 Å². The molecule has 0 aliphatic carbocycles. The van der Waals surface area contributed by atoms with Gasteiger partial charge in [0, 0.05) is 62.5 Å². The zero-order valence-corrected chi connectivity index (χ0v) is 20.8. The maximum Gasteiger partial charge on any atom is 0.159 e. The predicted octanol–water partition coefficient (Wildman–Crippen LogP) is 7.46. The van der Waals surface area contributed by atoms with Crippen molar-refractivity contribution in [3.05, 3.63) is 110 Å². The average molecular weight is 507 g/mol. The Morgan fingerprint density at radius 1 is 0.579 bits per heavy atom. The number of rotatable bonds is 3. The van der Waals surface area contributed by atoms with E-state index in [4.69, 9.17) is 4.98 Å². The maximum absolute atomic E-state index is 4.98. The molecule has 8 rings (SSSR count). The van der Waals surface area contributed by atoms with Crippen LogP contribution in [-0.4, -0.2) is 29.5 Å². The molecule has 0 N–H and O–H groups in total. The second-order valence-corrected chi connectivity index (χ2v) is 10.1. The van der Waals surface area contributed by atoms with Gasteiger partial charge < -0.3 is 4.57 Å². The first-order chi connectivity index (χ1) is 18.8. The van der Waals surface area contributed by atoms with Crippen LogP contribution in [0, 0.1) is 0 Å². The number of pyridine rings is 1. The Hall–Kier alpha value is -5.01. The lowest BCUT2D eigenvalue weighted by Gasteiger charge is -2.12. The molecule has 38 heavy (non-hydrogen) atoms. The van der Waals surface area contributed by atoms with Crippen LogP contribution in [0.1, 0.15) is 0 Å². The minimum Gasteiger partial charge on any atom is -0.308 e. The lowest BCUT2D eigenvalue weighted by atomic mass is 10.1. The van der Waals surface area contributed by atoms with Gasteiger partial charge in [-0.15, -0.1) is 11.3 Å². The van der Waals surface area contributed by atoms with Crippen molar-refractivity contribution in [1.82, 2.24) is 29.5 Å². The standard InChI is InChI=1S/C31H18N6S/c1-3-9-24-22(7-1)27-25(18-36-28-23-8-2-4-10-26(23)38-29(27)28)37(24)21-16-19(30-32-11-5-12-33-30)15-20(17-21)31-34-13-6-14-35-31/h1-18H. The topological polar surface area (TPSA) is 69.4 Å². The highest BCUT2D eigenvalue weighted by atomic mass is 32.1. The second-order valence-electron chi connectivity index (χ2n) is 9.06. The largest absolute Gasteiger partial charge is 0.308 e. The number of benzene rings is 3. The molecule has 0 radical (unpaired) electrons. The highest BCUT2D eigenvalue weighted by molar-refractivity contribution is 7.26. The van der Waals surface area contributed by atoms with Crippen molar-refractivity contribution in [1.29, 1.82) is 0 Å². The molecule has 0 spiro atoms. The lowest BCUT2D eigenvalue weighted by Crippen LogP contribution is -1.98. The van der Waals surface area contributed by atoms with Crippen LogP contribution in [-0.2, 0) is 0 Å². The van der Waals surface area contributed by atoms with E-state index in [1.54, 1.807) is 36.1 Å². The molecule has 0 unspecified atom stereocenters. The Balaban J connectivity index is 1.49. The highest BCUT2D eigenvalue weighted by Crippen LogP contribution is 2.42. The van der Waals surface area contributed by atoms with Crippen molar-refractivity contribution < 1.29 is 0 Å². The third kappa shape index (κ3) is 3.16. The number of hydrogen-bond acceptors (Lipinski definition) is 6.